The summed E-state index contributed by atoms with van der Waals surface area (Å²) in [7, 11) is 0. The summed E-state index contributed by atoms with van der Waals surface area (Å²) in [4.78, 5) is 6.76. The van der Waals surface area contributed by atoms with Crippen LogP contribution in [0.25, 0.3) is 43.3 Å². The molecule has 2 heterocycles. The first-order valence-electron chi connectivity index (χ1n) is 9.58. The van der Waals surface area contributed by atoms with E-state index in [-0.39, 0.29) is 11.4 Å². The van der Waals surface area contributed by atoms with Crippen LogP contribution in [0.2, 0.25) is 10.0 Å². The molecule has 34 heavy (non-hydrogen) atoms. The maximum Gasteiger partial charge on any atom is 0.536 e. The molecule has 160 valence electrons. The molecular formula is C26H10Cl2N4S2. The van der Waals surface area contributed by atoms with Gasteiger partial charge in [-0.3, -0.25) is 0 Å². The fourth-order valence-corrected chi connectivity index (χ4v) is 6.14. The van der Waals surface area contributed by atoms with Crippen LogP contribution in [0, 0.1) is 44.9 Å². The van der Waals surface area contributed by atoms with E-state index in [2.05, 4.69) is 9.69 Å². The van der Waals surface area contributed by atoms with Crippen molar-refractivity contribution in [3.05, 3.63) is 112 Å². The topological polar surface area (TPSA) is 56.3 Å². The summed E-state index contributed by atoms with van der Waals surface area (Å²) in [5.74, 6) is -0.0260. The second-order valence-electron chi connectivity index (χ2n) is 6.87. The number of nitriles is 2. The Kier molecular flexibility index (Phi) is 6.81. The number of benzene rings is 2. The summed E-state index contributed by atoms with van der Waals surface area (Å²) in [6, 6.07) is 22.2. The molecule has 2 aromatic carbocycles. The fraction of sp³-hybridized carbons (Fsp3) is 0. The lowest BCUT2D eigenvalue weighted by Gasteiger charge is -2.01. The Hall–Kier alpha value is -3.88. The molecule has 0 unspecified atom stereocenters. The number of thiophene rings is 2. The molecule has 0 saturated carbocycles. The van der Waals surface area contributed by atoms with E-state index >= 15 is 0 Å². The Morgan fingerprint density at radius 3 is 1.65 bits per heavy atom. The van der Waals surface area contributed by atoms with Crippen LogP contribution in [-0.2, 0) is 0 Å². The molecule has 0 radical (unpaired) electrons. The van der Waals surface area contributed by atoms with E-state index in [9.17, 15) is 10.5 Å². The van der Waals surface area contributed by atoms with E-state index in [0.29, 0.717) is 19.1 Å². The highest BCUT2D eigenvalue weighted by molar-refractivity contribution is 7.12. The number of halogens is 2. The second-order valence-corrected chi connectivity index (χ2v) is 9.85. The van der Waals surface area contributed by atoms with E-state index in [1.807, 2.05) is 60.7 Å². The lowest BCUT2D eigenvalue weighted by atomic mass is 10.1. The Morgan fingerprint density at radius 2 is 1.21 bits per heavy atom. The summed E-state index contributed by atoms with van der Waals surface area (Å²) in [6.07, 6.45) is 0. The average molecular weight is 513 g/mol. The van der Waals surface area contributed by atoms with Gasteiger partial charge in [-0.2, -0.15) is 20.2 Å². The maximum atomic E-state index is 9.46. The van der Waals surface area contributed by atoms with Gasteiger partial charge in [-0.1, -0.05) is 47.5 Å². The lowest BCUT2D eigenvalue weighted by molar-refractivity contribution is 1.51. The SMILES string of the molecule is [C-]#[N+]C([N+]#[C-])=c1cc(-c2cccc(Cl)c2)/c(=c2\sc(=C(C#N)C#N)cc2-c2cccc(Cl)c2)s1. The van der Waals surface area contributed by atoms with Crippen LogP contribution in [0.5, 0.6) is 0 Å². The van der Waals surface area contributed by atoms with Crippen molar-refractivity contribution in [3.8, 4) is 34.4 Å². The normalized spacial score (nSPS) is 11.0. The van der Waals surface area contributed by atoms with Crippen LogP contribution < -0.4 is 9.06 Å². The number of rotatable bonds is 2. The molecule has 4 rings (SSSR count). The van der Waals surface area contributed by atoms with Crippen LogP contribution in [0.4, 0.5) is 0 Å². The largest absolute Gasteiger partial charge is 0.536 e. The Morgan fingerprint density at radius 1 is 0.735 bits per heavy atom. The highest BCUT2D eigenvalue weighted by Crippen LogP contribution is 2.31. The first kappa shape index (κ1) is 23.3. The average Bonchev–Trinajstić information content (AvgIpc) is 3.46. The molecule has 0 aliphatic heterocycles. The van der Waals surface area contributed by atoms with Crippen molar-refractivity contribution >= 4 is 57.3 Å². The van der Waals surface area contributed by atoms with Gasteiger partial charge < -0.3 is 0 Å². The first-order chi connectivity index (χ1) is 16.5. The van der Waals surface area contributed by atoms with Gasteiger partial charge >= 0.3 is 5.82 Å². The van der Waals surface area contributed by atoms with Crippen LogP contribution in [0.15, 0.2) is 60.7 Å². The third-order valence-electron chi connectivity index (χ3n) is 4.84. The monoisotopic (exact) mass is 512 g/mol. The summed E-state index contributed by atoms with van der Waals surface area (Å²) in [6.45, 7) is 14.8. The maximum absolute atomic E-state index is 9.46. The summed E-state index contributed by atoms with van der Waals surface area (Å²) in [5, 5.41) is 20.0. The van der Waals surface area contributed by atoms with E-state index in [1.54, 1.807) is 12.1 Å². The summed E-state index contributed by atoms with van der Waals surface area (Å²) in [5.41, 5.74) is 3.27. The van der Waals surface area contributed by atoms with Crippen molar-refractivity contribution in [2.75, 3.05) is 0 Å². The summed E-state index contributed by atoms with van der Waals surface area (Å²) >= 11 is 15.1. The summed E-state index contributed by atoms with van der Waals surface area (Å²) < 4.78 is 2.68. The molecule has 0 aliphatic rings. The minimum atomic E-state index is -0.0260. The fourth-order valence-electron chi connectivity index (χ4n) is 3.36. The smallest absolute Gasteiger partial charge is 0.192 e. The lowest BCUT2D eigenvalue weighted by Crippen LogP contribution is -1.94. The Labute approximate surface area is 213 Å². The molecule has 0 aliphatic carbocycles. The van der Waals surface area contributed by atoms with Gasteiger partial charge in [0.25, 0.3) is 0 Å². The minimum absolute atomic E-state index is 0.00943. The van der Waals surface area contributed by atoms with Gasteiger partial charge in [-0.05, 0) is 47.5 Å². The van der Waals surface area contributed by atoms with Crippen LogP contribution >= 0.6 is 45.9 Å². The van der Waals surface area contributed by atoms with E-state index in [1.165, 1.54) is 22.7 Å². The van der Waals surface area contributed by atoms with Gasteiger partial charge in [-0.15, -0.1) is 22.7 Å². The molecule has 0 bridgehead atoms. The molecular weight excluding hydrogens is 503 g/mol. The predicted molar refractivity (Wildman–Crippen MR) is 138 cm³/mol. The second kappa shape index (κ2) is 9.94. The van der Waals surface area contributed by atoms with Gasteiger partial charge in [0.05, 0.1) is 13.6 Å². The zero-order valence-corrected chi connectivity index (χ0v) is 20.3. The first-order valence-corrected chi connectivity index (χ1v) is 12.0. The molecule has 0 atom stereocenters. The molecule has 8 heteroatoms. The molecule has 4 aromatic rings. The van der Waals surface area contributed by atoms with Crippen molar-refractivity contribution in [2.45, 2.75) is 0 Å². The number of hydrogen-bond acceptors (Lipinski definition) is 4. The van der Waals surface area contributed by atoms with Crippen molar-refractivity contribution in [3.63, 3.8) is 0 Å². The third kappa shape index (κ3) is 4.46. The van der Waals surface area contributed by atoms with Gasteiger partial charge in [0, 0.05) is 21.2 Å². The quantitative estimate of drug-likeness (QED) is 0.276. The third-order valence-corrected chi connectivity index (χ3v) is 7.76. The zero-order valence-electron chi connectivity index (χ0n) is 17.1. The number of hydrogen-bond donors (Lipinski definition) is 0. The molecule has 4 nitrogen and oxygen atoms in total. The van der Waals surface area contributed by atoms with Gasteiger partial charge in [0.15, 0.2) is 0 Å². The van der Waals surface area contributed by atoms with Crippen molar-refractivity contribution < 1.29 is 0 Å². The van der Waals surface area contributed by atoms with Crippen molar-refractivity contribution in [1.29, 1.82) is 10.5 Å². The van der Waals surface area contributed by atoms with Crippen LogP contribution in [0.3, 0.4) is 0 Å². The standard InChI is InChI=1S/C26H10Cl2N4S2/c1-31-26(32-2)23-12-21(16-6-4-8-19(28)10-16)25(34-23)24-20(15-5-3-7-18(27)9-15)11-22(33-24)17(13-29)14-30/h3-12H/b25-24+. The Balaban J connectivity index is 2.31. The van der Waals surface area contributed by atoms with Gasteiger partial charge in [-0.25, -0.2) is 0 Å². The molecule has 2 aromatic heterocycles. The van der Waals surface area contributed by atoms with Crippen LogP contribution in [0.1, 0.15) is 0 Å². The molecule has 0 saturated heterocycles. The Bertz CT molecular complexity index is 1670. The molecule has 0 amide bonds. The molecule has 0 N–H and O–H groups in total. The van der Waals surface area contributed by atoms with Crippen molar-refractivity contribution in [2.24, 2.45) is 0 Å². The highest BCUT2D eigenvalue weighted by Gasteiger charge is 2.15. The van der Waals surface area contributed by atoms with Crippen LogP contribution in [-0.4, -0.2) is 0 Å². The molecule has 0 fully saturated rings. The molecule has 0 spiro atoms. The predicted octanol–water partition coefficient (Wildman–Crippen LogP) is 6.84. The van der Waals surface area contributed by atoms with Crippen molar-refractivity contribution in [1.82, 2.24) is 0 Å². The van der Waals surface area contributed by atoms with E-state index in [0.717, 1.165) is 31.3 Å². The van der Waals surface area contributed by atoms with E-state index < -0.39 is 0 Å². The minimum Gasteiger partial charge on any atom is -0.192 e. The number of nitrogens with zero attached hydrogens (tertiary/aromatic N) is 4. The highest BCUT2D eigenvalue weighted by atomic mass is 35.5. The van der Waals surface area contributed by atoms with Gasteiger partial charge in [0.2, 0.25) is 0 Å². The van der Waals surface area contributed by atoms with E-state index in [4.69, 9.17) is 36.3 Å². The zero-order chi connectivity index (χ0) is 24.2. The van der Waals surface area contributed by atoms with Gasteiger partial charge in [0.1, 0.15) is 35.4 Å².